The van der Waals surface area contributed by atoms with E-state index >= 15 is 0 Å². The normalized spacial score (nSPS) is 10.4. The molecule has 2 amide bonds. The summed E-state index contributed by atoms with van der Waals surface area (Å²) in [7, 11) is -0.549. The van der Waals surface area contributed by atoms with Gasteiger partial charge in [-0.25, -0.2) is 0 Å². The minimum Gasteiger partial charge on any atom is -0.493 e. The van der Waals surface area contributed by atoms with Crippen LogP contribution in [0.4, 0.5) is 0 Å². The zero-order valence-electron chi connectivity index (χ0n) is 35.4. The summed E-state index contributed by atoms with van der Waals surface area (Å²) in [5.74, 6) is 2.25. The van der Waals surface area contributed by atoms with Crippen molar-refractivity contribution in [2.24, 2.45) is 5.73 Å². The number of hydrogen-bond acceptors (Lipinski definition) is 10. The number of aryl methyl sites for hydroxylation is 6. The molecule has 0 aliphatic rings. The lowest BCUT2D eigenvalue weighted by Crippen LogP contribution is -2.26. The van der Waals surface area contributed by atoms with Crippen LogP contribution in [-0.2, 0) is 45.4 Å². The Morgan fingerprint density at radius 2 is 1.07 bits per heavy atom. The molecule has 5 N–H and O–H groups in total. The second-order valence-corrected chi connectivity index (χ2v) is 15.4. The first-order chi connectivity index (χ1) is 28.1. The molecule has 0 fully saturated rings. The number of nitrogens with two attached hydrogens (primary N) is 1. The van der Waals surface area contributed by atoms with Crippen LogP contribution in [0, 0.1) is 39.0 Å². The summed E-state index contributed by atoms with van der Waals surface area (Å²) in [6.45, 7) is 10.6. The molecule has 4 rings (SSSR count). The Labute approximate surface area is 350 Å². The van der Waals surface area contributed by atoms with E-state index in [2.05, 4.69) is 74.7 Å². The molecule has 0 heterocycles. The zero-order chi connectivity index (χ0) is 43.8. The fraction of sp³-hybridized carbons (Fsp3) is 0.400. The van der Waals surface area contributed by atoms with Crippen LogP contribution in [-0.4, -0.2) is 78.1 Å². The van der Waals surface area contributed by atoms with E-state index in [4.69, 9.17) is 34.5 Å². The summed E-state index contributed by atoms with van der Waals surface area (Å²) >= 11 is 0. The highest BCUT2D eigenvalue weighted by Gasteiger charge is 2.11. The molecule has 59 heavy (non-hydrogen) atoms. The van der Waals surface area contributed by atoms with Crippen LogP contribution in [0.25, 0.3) is 0 Å². The number of methoxy groups -OCH3 is 2. The number of carbonyl (C=O) groups is 2. The minimum atomic E-state index is -3.67. The maximum atomic E-state index is 12.2. The predicted octanol–water partition coefficient (Wildman–Crippen LogP) is 5.95. The minimum absolute atomic E-state index is 0.00719. The first kappa shape index (κ1) is 49.5. The molecular formula is C45H60N4O9S. The third-order valence-corrected chi connectivity index (χ3v) is 8.92. The van der Waals surface area contributed by atoms with Gasteiger partial charge in [-0.05, 0) is 122 Å². The zero-order valence-corrected chi connectivity index (χ0v) is 36.2. The monoisotopic (exact) mass is 832 g/mol. The fourth-order valence-electron chi connectivity index (χ4n) is 5.62. The summed E-state index contributed by atoms with van der Waals surface area (Å²) in [6, 6.07) is 25.8. The highest BCUT2D eigenvalue weighted by molar-refractivity contribution is 7.85. The van der Waals surface area contributed by atoms with E-state index in [0.29, 0.717) is 61.9 Å². The van der Waals surface area contributed by atoms with Gasteiger partial charge in [-0.3, -0.25) is 14.1 Å². The first-order valence-corrected chi connectivity index (χ1v) is 21.2. The SMILES string of the molecule is COc1cc(CC(=O)NCCCc2ccc(C)c(C)c2)ccc1OCC#N.COc1cc(CC(=O)NCCCc2ccc(C)c(C)c2)ccc1OCCN.CS(=O)(=O)O. The van der Waals surface area contributed by atoms with Crippen molar-refractivity contribution >= 4 is 21.9 Å². The molecule has 0 bridgehead atoms. The molecule has 0 aliphatic carbocycles. The first-order valence-electron chi connectivity index (χ1n) is 19.3. The molecule has 0 radical (unpaired) electrons. The van der Waals surface area contributed by atoms with Gasteiger partial charge in [-0.2, -0.15) is 13.7 Å². The molecule has 0 aromatic heterocycles. The average Bonchev–Trinajstić information content (AvgIpc) is 3.19. The lowest BCUT2D eigenvalue weighted by molar-refractivity contribution is -0.121. The fourth-order valence-corrected chi connectivity index (χ4v) is 5.62. The Kier molecular flexibility index (Phi) is 22.2. The van der Waals surface area contributed by atoms with Crippen molar-refractivity contribution in [1.82, 2.24) is 10.6 Å². The Hall–Kier alpha value is -5.62. The Bertz CT molecular complexity index is 2090. The van der Waals surface area contributed by atoms with Crippen LogP contribution in [0.1, 0.15) is 57.3 Å². The standard InChI is InChI=1S/C22H30N2O3.C22H26N2O3.CH4O3S/c2*1-16-6-7-18(13-17(16)2)5-4-11-24-22(25)15-19-8-9-20(27-12-10-23)21(14-19)26-3;1-5(2,3)4/h6-9,13-14H,4-5,10-12,15,23H2,1-3H3,(H,24,25);6-9,13-14H,4-5,11-12,15H2,1-3H3,(H,24,25);1H3,(H,2,3,4). The summed E-state index contributed by atoms with van der Waals surface area (Å²) in [6.07, 6.45) is 5.03. The van der Waals surface area contributed by atoms with Gasteiger partial charge in [0, 0.05) is 19.6 Å². The molecule has 14 heteroatoms. The van der Waals surface area contributed by atoms with Gasteiger partial charge < -0.3 is 35.3 Å². The van der Waals surface area contributed by atoms with E-state index < -0.39 is 10.1 Å². The maximum absolute atomic E-state index is 12.2. The van der Waals surface area contributed by atoms with Gasteiger partial charge in [0.15, 0.2) is 29.6 Å². The van der Waals surface area contributed by atoms with E-state index in [1.54, 1.807) is 19.2 Å². The number of amides is 2. The molecular weight excluding hydrogens is 773 g/mol. The van der Waals surface area contributed by atoms with Crippen molar-refractivity contribution in [1.29, 1.82) is 5.26 Å². The number of carbonyl (C=O) groups excluding carboxylic acids is 2. The number of nitriles is 1. The molecule has 0 atom stereocenters. The van der Waals surface area contributed by atoms with Gasteiger partial charge in [0.2, 0.25) is 11.8 Å². The van der Waals surface area contributed by atoms with Crippen molar-refractivity contribution in [2.75, 3.05) is 53.3 Å². The molecule has 320 valence electrons. The molecule has 4 aromatic carbocycles. The van der Waals surface area contributed by atoms with Gasteiger partial charge in [0.25, 0.3) is 10.1 Å². The predicted molar refractivity (Wildman–Crippen MR) is 231 cm³/mol. The molecule has 0 spiro atoms. The second kappa shape index (κ2) is 26.4. The van der Waals surface area contributed by atoms with Crippen LogP contribution in [0.15, 0.2) is 72.8 Å². The Morgan fingerprint density at radius 3 is 1.44 bits per heavy atom. The van der Waals surface area contributed by atoms with Crippen LogP contribution in [0.2, 0.25) is 0 Å². The van der Waals surface area contributed by atoms with Crippen molar-refractivity contribution < 1.29 is 41.5 Å². The number of benzene rings is 4. The second-order valence-electron chi connectivity index (χ2n) is 13.9. The van der Waals surface area contributed by atoms with E-state index in [1.807, 2.05) is 30.3 Å². The van der Waals surface area contributed by atoms with E-state index in [1.165, 1.54) is 40.5 Å². The maximum Gasteiger partial charge on any atom is 0.261 e. The van der Waals surface area contributed by atoms with Gasteiger partial charge >= 0.3 is 0 Å². The number of hydrogen-bond donors (Lipinski definition) is 4. The number of rotatable bonds is 19. The molecule has 0 aliphatic heterocycles. The third-order valence-electron chi connectivity index (χ3n) is 8.92. The molecule has 0 saturated carbocycles. The highest BCUT2D eigenvalue weighted by Crippen LogP contribution is 2.29. The topological polar surface area (TPSA) is 199 Å². The number of ether oxygens (including phenoxy) is 4. The molecule has 0 unspecified atom stereocenters. The van der Waals surface area contributed by atoms with Gasteiger partial charge in [0.05, 0.1) is 33.3 Å². The van der Waals surface area contributed by atoms with Gasteiger partial charge in [-0.15, -0.1) is 0 Å². The van der Waals surface area contributed by atoms with Crippen LogP contribution in [0.3, 0.4) is 0 Å². The highest BCUT2D eigenvalue weighted by atomic mass is 32.2. The average molecular weight is 833 g/mol. The van der Waals surface area contributed by atoms with E-state index in [-0.39, 0.29) is 24.8 Å². The quantitative estimate of drug-likeness (QED) is 0.0643. The van der Waals surface area contributed by atoms with Crippen molar-refractivity contribution in [3.05, 3.63) is 117 Å². The summed E-state index contributed by atoms with van der Waals surface area (Å²) in [5.41, 5.74) is 15.0. The number of nitrogens with one attached hydrogen (secondary N) is 2. The van der Waals surface area contributed by atoms with Crippen molar-refractivity contribution in [2.45, 2.75) is 66.2 Å². The summed E-state index contributed by atoms with van der Waals surface area (Å²) in [4.78, 5) is 24.3. The van der Waals surface area contributed by atoms with E-state index in [9.17, 15) is 18.0 Å². The van der Waals surface area contributed by atoms with Crippen molar-refractivity contribution in [3.63, 3.8) is 0 Å². The Morgan fingerprint density at radius 1 is 0.661 bits per heavy atom. The van der Waals surface area contributed by atoms with Gasteiger partial charge in [0.1, 0.15) is 12.7 Å². The van der Waals surface area contributed by atoms with Crippen LogP contribution < -0.4 is 35.3 Å². The van der Waals surface area contributed by atoms with Gasteiger partial charge in [-0.1, -0.05) is 48.5 Å². The lowest BCUT2D eigenvalue weighted by atomic mass is 10.0. The smallest absolute Gasteiger partial charge is 0.261 e. The summed E-state index contributed by atoms with van der Waals surface area (Å²) in [5, 5.41) is 14.5. The molecule has 4 aromatic rings. The largest absolute Gasteiger partial charge is 0.493 e. The number of nitrogens with zero attached hydrogens (tertiary/aromatic N) is 1. The van der Waals surface area contributed by atoms with Crippen LogP contribution in [0.5, 0.6) is 23.0 Å². The summed E-state index contributed by atoms with van der Waals surface area (Å²) < 4.78 is 47.3. The lowest BCUT2D eigenvalue weighted by Gasteiger charge is -2.12. The third kappa shape index (κ3) is 20.6. The van der Waals surface area contributed by atoms with Crippen molar-refractivity contribution in [3.8, 4) is 29.1 Å². The molecule has 0 saturated heterocycles. The Balaban J connectivity index is 0.000000365. The van der Waals surface area contributed by atoms with Crippen LogP contribution >= 0.6 is 0 Å². The molecule has 13 nitrogen and oxygen atoms in total. The van der Waals surface area contributed by atoms with E-state index in [0.717, 1.165) is 36.8 Å².